The molecule has 0 aliphatic rings. The maximum Gasteiger partial charge on any atom is 0.338 e. The minimum absolute atomic E-state index is 0.0361. The molecule has 29 heavy (non-hydrogen) atoms. The van der Waals surface area contributed by atoms with Crippen LogP contribution in [0.2, 0.25) is 0 Å². The smallest absolute Gasteiger partial charge is 0.338 e. The third-order valence-corrected chi connectivity index (χ3v) is 4.18. The van der Waals surface area contributed by atoms with E-state index >= 15 is 0 Å². The number of hydrogen-bond donors (Lipinski definition) is 0. The molecule has 0 spiro atoms. The number of nitrogens with zero attached hydrogens (tertiary/aromatic N) is 3. The normalized spacial score (nSPS) is 10.7. The van der Waals surface area contributed by atoms with Crippen molar-refractivity contribution in [1.82, 2.24) is 15.3 Å². The van der Waals surface area contributed by atoms with Crippen LogP contribution in [0.15, 0.2) is 63.6 Å². The highest BCUT2D eigenvalue weighted by atomic mass is 16.5. The van der Waals surface area contributed by atoms with Gasteiger partial charge in [-0.1, -0.05) is 22.4 Å². The molecule has 8 heteroatoms. The van der Waals surface area contributed by atoms with Crippen molar-refractivity contribution in [2.75, 3.05) is 7.11 Å². The van der Waals surface area contributed by atoms with Gasteiger partial charge in [0.25, 0.3) is 5.89 Å². The number of aryl methyl sites for hydroxylation is 1. The second-order valence-electron chi connectivity index (χ2n) is 6.18. The van der Waals surface area contributed by atoms with Crippen molar-refractivity contribution in [3.8, 4) is 28.5 Å². The summed E-state index contributed by atoms with van der Waals surface area (Å²) in [6.45, 7) is 1.70. The van der Waals surface area contributed by atoms with Gasteiger partial charge in [0.05, 0.1) is 12.7 Å². The monoisotopic (exact) mass is 391 g/mol. The van der Waals surface area contributed by atoms with E-state index in [1.807, 2.05) is 24.3 Å². The first kappa shape index (κ1) is 18.4. The average Bonchev–Trinajstić information content (AvgIpc) is 3.41. The lowest BCUT2D eigenvalue weighted by Gasteiger charge is -2.04. The van der Waals surface area contributed by atoms with Crippen LogP contribution in [-0.4, -0.2) is 28.4 Å². The lowest BCUT2D eigenvalue weighted by atomic mass is 10.1. The largest absolute Gasteiger partial charge is 0.496 e. The van der Waals surface area contributed by atoms with Crippen molar-refractivity contribution >= 4 is 5.97 Å². The van der Waals surface area contributed by atoms with Gasteiger partial charge in [-0.2, -0.15) is 4.98 Å². The summed E-state index contributed by atoms with van der Waals surface area (Å²) in [6, 6.07) is 15.9. The summed E-state index contributed by atoms with van der Waals surface area (Å²) in [7, 11) is 1.59. The van der Waals surface area contributed by atoms with Crippen molar-refractivity contribution in [3.63, 3.8) is 0 Å². The van der Waals surface area contributed by atoms with Crippen molar-refractivity contribution in [1.29, 1.82) is 0 Å². The van der Waals surface area contributed by atoms with Crippen molar-refractivity contribution in [3.05, 3.63) is 71.7 Å². The second kappa shape index (κ2) is 7.97. The number of methoxy groups -OCH3 is 1. The average molecular weight is 391 g/mol. The van der Waals surface area contributed by atoms with Crippen LogP contribution in [0.25, 0.3) is 22.7 Å². The molecule has 2 aromatic heterocycles. The molecule has 0 bridgehead atoms. The Balaban J connectivity index is 1.40. The molecular weight excluding hydrogens is 374 g/mol. The van der Waals surface area contributed by atoms with E-state index < -0.39 is 5.97 Å². The van der Waals surface area contributed by atoms with Gasteiger partial charge >= 0.3 is 5.97 Å². The Morgan fingerprint density at radius 3 is 2.55 bits per heavy atom. The van der Waals surface area contributed by atoms with Gasteiger partial charge in [0.15, 0.2) is 18.2 Å². The zero-order valence-electron chi connectivity index (χ0n) is 15.8. The molecule has 2 aromatic carbocycles. The summed E-state index contributed by atoms with van der Waals surface area (Å²) in [4.78, 5) is 16.4. The van der Waals surface area contributed by atoms with Crippen LogP contribution in [0.1, 0.15) is 21.9 Å². The van der Waals surface area contributed by atoms with Crippen LogP contribution < -0.4 is 4.74 Å². The van der Waals surface area contributed by atoms with E-state index in [9.17, 15) is 4.79 Å². The fourth-order valence-electron chi connectivity index (χ4n) is 2.75. The first-order chi connectivity index (χ1) is 14.1. The summed E-state index contributed by atoms with van der Waals surface area (Å²) >= 11 is 0. The highest BCUT2D eigenvalue weighted by Crippen LogP contribution is 2.29. The zero-order chi connectivity index (χ0) is 20.2. The summed E-state index contributed by atoms with van der Waals surface area (Å²) in [6.07, 6.45) is 0. The molecule has 0 atom stereocenters. The first-order valence-electron chi connectivity index (χ1n) is 8.81. The molecule has 4 rings (SSSR count). The van der Waals surface area contributed by atoms with Crippen molar-refractivity contribution in [2.24, 2.45) is 0 Å². The highest BCUT2D eigenvalue weighted by Gasteiger charge is 2.14. The van der Waals surface area contributed by atoms with Crippen LogP contribution in [0, 0.1) is 6.92 Å². The molecule has 0 aliphatic carbocycles. The number of carbonyl (C=O) groups excluding carboxylic acids is 1. The van der Waals surface area contributed by atoms with Crippen LogP contribution in [0.3, 0.4) is 0 Å². The minimum atomic E-state index is -0.478. The Labute approximate surface area is 166 Å². The Hall–Kier alpha value is -3.94. The van der Waals surface area contributed by atoms with Crippen LogP contribution in [-0.2, 0) is 11.3 Å². The number of aromatic nitrogens is 3. The van der Waals surface area contributed by atoms with Crippen molar-refractivity contribution < 1.29 is 23.3 Å². The quantitative estimate of drug-likeness (QED) is 0.454. The summed E-state index contributed by atoms with van der Waals surface area (Å²) in [5.74, 6) is 1.57. The predicted octanol–water partition coefficient (Wildman–Crippen LogP) is 4.07. The van der Waals surface area contributed by atoms with Gasteiger partial charge in [0, 0.05) is 17.2 Å². The molecule has 0 fully saturated rings. The summed E-state index contributed by atoms with van der Waals surface area (Å²) < 4.78 is 21.0. The molecule has 146 valence electrons. The zero-order valence-corrected chi connectivity index (χ0v) is 15.8. The molecule has 0 amide bonds. The fraction of sp³-hybridized carbons (Fsp3) is 0.143. The molecular formula is C21H17N3O5. The fourth-order valence-corrected chi connectivity index (χ4v) is 2.75. The lowest BCUT2D eigenvalue weighted by molar-refractivity contribution is 0.0437. The topological polar surface area (TPSA) is 100 Å². The third kappa shape index (κ3) is 4.01. The number of hydrogen-bond acceptors (Lipinski definition) is 8. The van der Waals surface area contributed by atoms with Gasteiger partial charge in [-0.25, -0.2) is 4.79 Å². The predicted molar refractivity (Wildman–Crippen MR) is 102 cm³/mol. The van der Waals surface area contributed by atoms with Gasteiger partial charge in [-0.3, -0.25) is 0 Å². The third-order valence-electron chi connectivity index (χ3n) is 4.18. The number of esters is 1. The molecule has 0 radical (unpaired) electrons. The van der Waals surface area contributed by atoms with Crippen molar-refractivity contribution in [2.45, 2.75) is 13.5 Å². The van der Waals surface area contributed by atoms with Crippen LogP contribution >= 0.6 is 0 Å². The maximum atomic E-state index is 12.3. The van der Waals surface area contributed by atoms with Crippen LogP contribution in [0.5, 0.6) is 5.75 Å². The van der Waals surface area contributed by atoms with E-state index in [1.54, 1.807) is 44.4 Å². The molecule has 0 unspecified atom stereocenters. The Morgan fingerprint density at radius 2 is 1.83 bits per heavy atom. The Morgan fingerprint density at radius 1 is 1.03 bits per heavy atom. The van der Waals surface area contributed by atoms with Gasteiger partial charge in [0.1, 0.15) is 11.4 Å². The Bertz CT molecular complexity index is 1130. The lowest BCUT2D eigenvalue weighted by Crippen LogP contribution is -2.04. The van der Waals surface area contributed by atoms with Gasteiger partial charge in [0.2, 0.25) is 0 Å². The van der Waals surface area contributed by atoms with E-state index in [0.717, 1.165) is 11.1 Å². The standard InChI is InChI=1S/C21H17N3O5/c1-13-22-20(29-23-13)14-7-9-15(10-8-14)21(25)27-12-16-11-18(24-28-16)17-5-3-4-6-19(17)26-2/h3-11H,12H2,1-2H3. The molecule has 8 nitrogen and oxygen atoms in total. The number of rotatable bonds is 6. The number of para-hydroxylation sites is 1. The summed E-state index contributed by atoms with van der Waals surface area (Å²) in [5, 5.41) is 7.77. The van der Waals surface area contributed by atoms with E-state index in [1.165, 1.54) is 0 Å². The van der Waals surface area contributed by atoms with E-state index in [4.69, 9.17) is 18.5 Å². The van der Waals surface area contributed by atoms with Gasteiger partial charge in [-0.15, -0.1) is 0 Å². The Kier molecular flexibility index (Phi) is 5.07. The van der Waals surface area contributed by atoms with Crippen LogP contribution in [0.4, 0.5) is 0 Å². The molecule has 0 N–H and O–H groups in total. The highest BCUT2D eigenvalue weighted by molar-refractivity contribution is 5.89. The van der Waals surface area contributed by atoms with E-state index in [0.29, 0.717) is 34.5 Å². The molecule has 0 saturated heterocycles. The summed E-state index contributed by atoms with van der Waals surface area (Å²) in [5.41, 5.74) is 2.52. The molecule has 0 saturated carbocycles. The molecule has 0 aliphatic heterocycles. The second-order valence-corrected chi connectivity index (χ2v) is 6.18. The number of benzene rings is 2. The maximum absolute atomic E-state index is 12.3. The van der Waals surface area contributed by atoms with E-state index in [-0.39, 0.29) is 6.61 Å². The first-order valence-corrected chi connectivity index (χ1v) is 8.81. The SMILES string of the molecule is COc1ccccc1-c1cc(COC(=O)c2ccc(-c3nc(C)no3)cc2)on1. The molecule has 4 aromatic rings. The molecule has 2 heterocycles. The van der Waals surface area contributed by atoms with Gasteiger partial charge in [-0.05, 0) is 43.3 Å². The van der Waals surface area contributed by atoms with Gasteiger partial charge < -0.3 is 18.5 Å². The number of ether oxygens (including phenoxy) is 2. The minimum Gasteiger partial charge on any atom is -0.496 e. The number of carbonyl (C=O) groups is 1. The van der Waals surface area contributed by atoms with E-state index in [2.05, 4.69) is 15.3 Å².